The third-order valence-corrected chi connectivity index (χ3v) is 2.49. The number of aryl methyl sites for hydroxylation is 1. The van der Waals surface area contributed by atoms with Gasteiger partial charge in [0, 0.05) is 19.4 Å². The van der Waals surface area contributed by atoms with Crippen LogP contribution in [0.25, 0.3) is 0 Å². The van der Waals surface area contributed by atoms with E-state index < -0.39 is 0 Å². The molecule has 0 unspecified atom stereocenters. The van der Waals surface area contributed by atoms with Crippen LogP contribution in [0.1, 0.15) is 5.69 Å². The molecule has 0 aliphatic carbocycles. The molecule has 0 aliphatic heterocycles. The summed E-state index contributed by atoms with van der Waals surface area (Å²) in [6, 6.07) is 7.46. The van der Waals surface area contributed by atoms with Crippen LogP contribution in [-0.2, 0) is 13.6 Å². The fourth-order valence-electron chi connectivity index (χ4n) is 1.49. The minimum atomic E-state index is -0.198. The molecule has 0 aromatic carbocycles. The number of pyridine rings is 2. The van der Waals surface area contributed by atoms with E-state index in [1.165, 1.54) is 4.57 Å². The Morgan fingerprint density at radius 1 is 1.41 bits per heavy atom. The molecule has 2 aromatic heterocycles. The van der Waals surface area contributed by atoms with Gasteiger partial charge < -0.3 is 15.6 Å². The smallest absolute Gasteiger partial charge is 0.275 e. The van der Waals surface area contributed by atoms with E-state index in [1.807, 2.05) is 18.2 Å². The summed E-state index contributed by atoms with van der Waals surface area (Å²) in [5, 5.41) is 3.10. The van der Waals surface area contributed by atoms with E-state index in [0.29, 0.717) is 12.2 Å². The topological polar surface area (TPSA) is 72.9 Å². The maximum atomic E-state index is 11.6. The quantitative estimate of drug-likeness (QED) is 0.824. The molecule has 0 fully saturated rings. The van der Waals surface area contributed by atoms with Gasteiger partial charge in [0.25, 0.3) is 5.56 Å². The normalized spacial score (nSPS) is 10.2. The molecular formula is C12H14N4O. The molecule has 2 rings (SSSR count). The van der Waals surface area contributed by atoms with Gasteiger partial charge in [-0.05, 0) is 18.2 Å². The highest BCUT2D eigenvalue weighted by molar-refractivity contribution is 5.64. The van der Waals surface area contributed by atoms with Gasteiger partial charge in [0.05, 0.1) is 17.9 Å². The van der Waals surface area contributed by atoms with Gasteiger partial charge in [-0.15, -0.1) is 0 Å². The summed E-state index contributed by atoms with van der Waals surface area (Å²) >= 11 is 0. The van der Waals surface area contributed by atoms with Crippen molar-refractivity contribution in [3.8, 4) is 0 Å². The van der Waals surface area contributed by atoms with Crippen molar-refractivity contribution in [3.05, 3.63) is 52.7 Å². The van der Waals surface area contributed by atoms with Gasteiger partial charge in [-0.25, -0.2) is 0 Å². The summed E-state index contributed by atoms with van der Waals surface area (Å²) in [5.41, 5.74) is 7.29. The van der Waals surface area contributed by atoms with Crippen LogP contribution < -0.4 is 16.6 Å². The predicted molar refractivity (Wildman–Crippen MR) is 67.7 cm³/mol. The van der Waals surface area contributed by atoms with E-state index >= 15 is 0 Å². The second kappa shape index (κ2) is 4.69. The standard InChI is InChI=1S/C12H14N4O/c1-16-7-5-10(11(13)12(16)17)15-8-9-4-2-3-6-14-9/h2-7,15H,8,13H2,1H3. The van der Waals surface area contributed by atoms with Crippen molar-refractivity contribution in [1.29, 1.82) is 0 Å². The molecule has 0 bridgehead atoms. The molecule has 5 heteroatoms. The molecule has 0 amide bonds. The highest BCUT2D eigenvalue weighted by Crippen LogP contribution is 2.13. The van der Waals surface area contributed by atoms with Crippen LogP contribution in [0.15, 0.2) is 41.5 Å². The third-order valence-electron chi connectivity index (χ3n) is 2.49. The van der Waals surface area contributed by atoms with E-state index in [4.69, 9.17) is 5.73 Å². The summed E-state index contributed by atoms with van der Waals surface area (Å²) in [5.74, 6) is 0. The fourth-order valence-corrected chi connectivity index (χ4v) is 1.49. The number of nitrogens with two attached hydrogens (primary N) is 1. The van der Waals surface area contributed by atoms with E-state index in [0.717, 1.165) is 5.69 Å². The number of hydrogen-bond acceptors (Lipinski definition) is 4. The molecule has 2 aromatic rings. The van der Waals surface area contributed by atoms with E-state index in [1.54, 1.807) is 25.5 Å². The number of rotatable bonds is 3. The Morgan fingerprint density at radius 3 is 2.94 bits per heavy atom. The number of aromatic nitrogens is 2. The van der Waals surface area contributed by atoms with E-state index in [9.17, 15) is 4.79 Å². The van der Waals surface area contributed by atoms with Gasteiger partial charge >= 0.3 is 0 Å². The Morgan fingerprint density at radius 2 is 2.24 bits per heavy atom. The fraction of sp³-hybridized carbons (Fsp3) is 0.167. The molecule has 3 N–H and O–H groups in total. The summed E-state index contributed by atoms with van der Waals surface area (Å²) in [6.45, 7) is 0.540. The van der Waals surface area contributed by atoms with Gasteiger partial charge in [0.2, 0.25) is 0 Å². The van der Waals surface area contributed by atoms with Crippen molar-refractivity contribution in [3.63, 3.8) is 0 Å². The first-order chi connectivity index (χ1) is 8.18. The van der Waals surface area contributed by atoms with Gasteiger partial charge in [-0.2, -0.15) is 0 Å². The van der Waals surface area contributed by atoms with Crippen LogP contribution in [0.5, 0.6) is 0 Å². The second-order valence-corrected chi connectivity index (χ2v) is 3.73. The van der Waals surface area contributed by atoms with E-state index in [-0.39, 0.29) is 11.2 Å². The Kier molecular flexibility index (Phi) is 3.09. The number of nitrogens with zero attached hydrogens (tertiary/aromatic N) is 2. The van der Waals surface area contributed by atoms with Gasteiger partial charge in [-0.3, -0.25) is 9.78 Å². The molecule has 0 saturated carbocycles. The second-order valence-electron chi connectivity index (χ2n) is 3.73. The van der Waals surface area contributed by atoms with Crippen LogP contribution in [0.4, 0.5) is 11.4 Å². The van der Waals surface area contributed by atoms with Crippen molar-refractivity contribution < 1.29 is 0 Å². The number of hydrogen-bond donors (Lipinski definition) is 2. The van der Waals surface area contributed by atoms with Crippen LogP contribution in [-0.4, -0.2) is 9.55 Å². The number of nitrogen functional groups attached to an aromatic ring is 1. The zero-order valence-corrected chi connectivity index (χ0v) is 9.55. The maximum Gasteiger partial charge on any atom is 0.275 e. The molecule has 0 spiro atoms. The van der Waals surface area contributed by atoms with Gasteiger partial charge in [-0.1, -0.05) is 6.07 Å². The van der Waals surface area contributed by atoms with E-state index in [2.05, 4.69) is 10.3 Å². The minimum absolute atomic E-state index is 0.198. The lowest BCUT2D eigenvalue weighted by molar-refractivity contribution is 0.863. The lowest BCUT2D eigenvalue weighted by atomic mass is 10.3. The monoisotopic (exact) mass is 230 g/mol. The first-order valence-corrected chi connectivity index (χ1v) is 5.27. The van der Waals surface area contributed by atoms with Crippen molar-refractivity contribution in [2.75, 3.05) is 11.1 Å². The largest absolute Gasteiger partial charge is 0.393 e. The first kappa shape index (κ1) is 11.2. The SMILES string of the molecule is Cn1ccc(NCc2ccccn2)c(N)c1=O. The Balaban J connectivity index is 2.15. The van der Waals surface area contributed by atoms with Crippen molar-refractivity contribution in [2.45, 2.75) is 6.54 Å². The van der Waals surface area contributed by atoms with Crippen molar-refractivity contribution in [2.24, 2.45) is 7.05 Å². The van der Waals surface area contributed by atoms with Crippen LogP contribution >= 0.6 is 0 Å². The molecule has 0 aliphatic rings. The first-order valence-electron chi connectivity index (χ1n) is 5.27. The molecule has 0 atom stereocenters. The number of nitrogens with one attached hydrogen (secondary N) is 1. The van der Waals surface area contributed by atoms with Gasteiger partial charge in [0.1, 0.15) is 5.69 Å². The van der Waals surface area contributed by atoms with Crippen LogP contribution in [0, 0.1) is 0 Å². The Hall–Kier alpha value is -2.30. The zero-order chi connectivity index (χ0) is 12.3. The summed E-state index contributed by atoms with van der Waals surface area (Å²) in [4.78, 5) is 15.8. The highest BCUT2D eigenvalue weighted by Gasteiger charge is 2.04. The molecular weight excluding hydrogens is 216 g/mol. The number of anilines is 2. The van der Waals surface area contributed by atoms with Crippen molar-refractivity contribution >= 4 is 11.4 Å². The summed E-state index contributed by atoms with van der Waals surface area (Å²) in [7, 11) is 1.67. The zero-order valence-electron chi connectivity index (χ0n) is 9.55. The average molecular weight is 230 g/mol. The lowest BCUT2D eigenvalue weighted by Gasteiger charge is -2.09. The molecule has 17 heavy (non-hydrogen) atoms. The highest BCUT2D eigenvalue weighted by atomic mass is 16.1. The lowest BCUT2D eigenvalue weighted by Crippen LogP contribution is -2.21. The third kappa shape index (κ3) is 2.44. The minimum Gasteiger partial charge on any atom is -0.393 e. The molecule has 2 heterocycles. The molecule has 0 saturated heterocycles. The van der Waals surface area contributed by atoms with Crippen molar-refractivity contribution in [1.82, 2.24) is 9.55 Å². The summed E-state index contributed by atoms with van der Waals surface area (Å²) < 4.78 is 1.45. The maximum absolute atomic E-state index is 11.6. The average Bonchev–Trinajstić information content (AvgIpc) is 2.36. The Labute approximate surface area is 98.9 Å². The molecule has 5 nitrogen and oxygen atoms in total. The summed E-state index contributed by atoms with van der Waals surface area (Å²) in [6.07, 6.45) is 3.41. The Bertz CT molecular complexity index is 562. The predicted octanol–water partition coefficient (Wildman–Crippen LogP) is 0.975. The molecule has 88 valence electrons. The van der Waals surface area contributed by atoms with Gasteiger partial charge in [0.15, 0.2) is 0 Å². The van der Waals surface area contributed by atoms with Crippen LogP contribution in [0.3, 0.4) is 0 Å². The molecule has 0 radical (unpaired) electrons. The van der Waals surface area contributed by atoms with Crippen LogP contribution in [0.2, 0.25) is 0 Å².